The molecule has 0 spiro atoms. The Bertz CT molecular complexity index is 972. The number of nitrogens with zero attached hydrogens (tertiary/aromatic N) is 3. The molecule has 0 radical (unpaired) electrons. The molecule has 6 nitrogen and oxygen atoms in total. The quantitative estimate of drug-likeness (QED) is 0.682. The van der Waals surface area contributed by atoms with Crippen LogP contribution in [0.3, 0.4) is 0 Å². The highest BCUT2D eigenvalue weighted by atomic mass is 16.3. The van der Waals surface area contributed by atoms with Crippen molar-refractivity contribution in [3.63, 3.8) is 0 Å². The molecule has 152 valence electrons. The molecule has 1 aromatic carbocycles. The number of pyridine rings is 1. The molecule has 3 aromatic rings. The third-order valence-corrected chi connectivity index (χ3v) is 5.49. The first-order chi connectivity index (χ1) is 14.2. The number of nitrogens with one attached hydrogen (secondary N) is 1. The molecule has 1 aliphatic rings. The molecule has 1 N–H and O–H groups in total. The molecule has 0 atom stereocenters. The summed E-state index contributed by atoms with van der Waals surface area (Å²) in [5.41, 5.74) is 2.09. The highest BCUT2D eigenvalue weighted by Gasteiger charge is 2.21. The van der Waals surface area contributed by atoms with E-state index in [1.54, 1.807) is 6.20 Å². The minimum absolute atomic E-state index is 0.143. The van der Waals surface area contributed by atoms with Crippen molar-refractivity contribution in [2.24, 2.45) is 0 Å². The largest absolute Gasteiger partial charge is 0.460 e. The minimum Gasteiger partial charge on any atom is -0.460 e. The van der Waals surface area contributed by atoms with Crippen LogP contribution in [-0.4, -0.2) is 49.0 Å². The highest BCUT2D eigenvalue weighted by molar-refractivity contribution is 6.13. The summed E-state index contributed by atoms with van der Waals surface area (Å²) in [6.45, 7) is 6.15. The third-order valence-electron chi connectivity index (χ3n) is 5.49. The van der Waals surface area contributed by atoms with Gasteiger partial charge in [0.05, 0.1) is 17.4 Å². The van der Waals surface area contributed by atoms with Crippen molar-refractivity contribution in [2.75, 3.05) is 43.4 Å². The molecule has 2 aromatic heterocycles. The van der Waals surface area contributed by atoms with Crippen molar-refractivity contribution in [3.05, 3.63) is 53.9 Å². The number of hydrogen-bond acceptors (Lipinski definition) is 5. The number of hydrogen-bond donors (Lipinski definition) is 1. The number of unbranched alkanes of at least 4 members (excludes halogenated alkanes) is 1. The van der Waals surface area contributed by atoms with E-state index >= 15 is 0 Å². The van der Waals surface area contributed by atoms with Gasteiger partial charge in [0.15, 0.2) is 0 Å². The van der Waals surface area contributed by atoms with Crippen molar-refractivity contribution >= 4 is 28.4 Å². The van der Waals surface area contributed by atoms with E-state index in [0.29, 0.717) is 11.3 Å². The maximum atomic E-state index is 13.1. The number of carbonyl (C=O) groups excluding carboxylic acids is 1. The molecule has 0 saturated carbocycles. The Kier molecular flexibility index (Phi) is 5.81. The first-order valence-electron chi connectivity index (χ1n) is 10.4. The molecule has 29 heavy (non-hydrogen) atoms. The van der Waals surface area contributed by atoms with Crippen LogP contribution in [-0.2, 0) is 6.42 Å². The van der Waals surface area contributed by atoms with Gasteiger partial charge in [-0.05, 0) is 31.7 Å². The average molecular weight is 393 g/mol. The Hall–Kier alpha value is -2.86. The maximum Gasteiger partial charge on any atom is 0.259 e. The van der Waals surface area contributed by atoms with Crippen molar-refractivity contribution < 1.29 is 9.21 Å². The fraction of sp³-hybridized carbons (Fsp3) is 0.391. The van der Waals surface area contributed by atoms with Gasteiger partial charge in [0.1, 0.15) is 17.2 Å². The van der Waals surface area contributed by atoms with E-state index in [1.165, 1.54) is 0 Å². The Labute approximate surface area is 171 Å². The number of furan rings is 1. The van der Waals surface area contributed by atoms with Crippen LogP contribution in [0.15, 0.2) is 47.0 Å². The topological polar surface area (TPSA) is 61.6 Å². The van der Waals surface area contributed by atoms with Crippen LogP contribution in [0, 0.1) is 0 Å². The van der Waals surface area contributed by atoms with E-state index < -0.39 is 0 Å². The second-order valence-corrected chi connectivity index (χ2v) is 7.65. The lowest BCUT2D eigenvalue weighted by Gasteiger charge is -2.33. The second kappa shape index (κ2) is 8.66. The zero-order chi connectivity index (χ0) is 20.2. The van der Waals surface area contributed by atoms with Gasteiger partial charge >= 0.3 is 0 Å². The normalized spacial score (nSPS) is 15.0. The van der Waals surface area contributed by atoms with Crippen LogP contribution in [0.5, 0.6) is 0 Å². The molecule has 4 rings (SSSR count). The molecular weight excluding hydrogens is 364 g/mol. The molecular formula is C23H28N4O2. The van der Waals surface area contributed by atoms with Gasteiger partial charge in [-0.15, -0.1) is 0 Å². The number of aromatic nitrogens is 1. The van der Waals surface area contributed by atoms with Gasteiger partial charge in [0.2, 0.25) is 0 Å². The van der Waals surface area contributed by atoms with Crippen LogP contribution < -0.4 is 10.2 Å². The highest BCUT2D eigenvalue weighted by Crippen LogP contribution is 2.28. The van der Waals surface area contributed by atoms with Gasteiger partial charge in [0.25, 0.3) is 5.91 Å². The number of amides is 1. The first-order valence-corrected chi connectivity index (χ1v) is 10.4. The molecule has 6 heteroatoms. The zero-order valence-electron chi connectivity index (χ0n) is 17.1. The van der Waals surface area contributed by atoms with Gasteiger partial charge in [-0.2, -0.15) is 0 Å². The van der Waals surface area contributed by atoms with Crippen LogP contribution in [0.1, 0.15) is 35.9 Å². The van der Waals surface area contributed by atoms with Crippen molar-refractivity contribution in [1.29, 1.82) is 0 Å². The van der Waals surface area contributed by atoms with Crippen molar-refractivity contribution in [1.82, 2.24) is 9.88 Å². The van der Waals surface area contributed by atoms with Crippen LogP contribution in [0.4, 0.5) is 11.5 Å². The van der Waals surface area contributed by atoms with Crippen molar-refractivity contribution in [2.45, 2.75) is 26.2 Å². The number of benzene rings is 1. The fourth-order valence-corrected chi connectivity index (χ4v) is 3.73. The number of piperazine rings is 1. The van der Waals surface area contributed by atoms with Gasteiger partial charge < -0.3 is 19.5 Å². The number of fused-ring (bicyclic) bond motifs is 1. The second-order valence-electron chi connectivity index (χ2n) is 7.65. The Morgan fingerprint density at radius 3 is 2.66 bits per heavy atom. The summed E-state index contributed by atoms with van der Waals surface area (Å²) in [7, 11) is 2.14. The number of aryl methyl sites for hydroxylation is 1. The van der Waals surface area contributed by atoms with Gasteiger partial charge in [0, 0.05) is 38.0 Å². The smallest absolute Gasteiger partial charge is 0.259 e. The number of likely N-dealkylation sites (N-methyl/N-ethyl adjacent to an activating group) is 1. The lowest BCUT2D eigenvalue weighted by molar-refractivity contribution is 0.102. The van der Waals surface area contributed by atoms with Crippen LogP contribution in [0.25, 0.3) is 11.0 Å². The lowest BCUT2D eigenvalue weighted by Crippen LogP contribution is -2.44. The zero-order valence-corrected chi connectivity index (χ0v) is 17.1. The lowest BCUT2D eigenvalue weighted by atomic mass is 10.1. The summed E-state index contributed by atoms with van der Waals surface area (Å²) in [5.74, 6) is 1.57. The molecule has 1 aliphatic heterocycles. The molecule has 0 bridgehead atoms. The van der Waals surface area contributed by atoms with Gasteiger partial charge in [-0.25, -0.2) is 4.98 Å². The number of para-hydroxylation sites is 1. The Balaban J connectivity index is 1.52. The van der Waals surface area contributed by atoms with E-state index in [9.17, 15) is 4.79 Å². The molecule has 3 heterocycles. The van der Waals surface area contributed by atoms with Crippen molar-refractivity contribution in [3.8, 4) is 0 Å². The predicted molar refractivity (Wildman–Crippen MR) is 117 cm³/mol. The molecule has 1 fully saturated rings. The first kappa shape index (κ1) is 19.5. The molecule has 1 amide bonds. The average Bonchev–Trinajstić information content (AvgIpc) is 3.12. The summed E-state index contributed by atoms with van der Waals surface area (Å²) in [5, 5.41) is 3.86. The summed E-state index contributed by atoms with van der Waals surface area (Å²) in [6, 6.07) is 11.6. The Morgan fingerprint density at radius 2 is 1.93 bits per heavy atom. The monoisotopic (exact) mass is 392 g/mol. The summed E-state index contributed by atoms with van der Waals surface area (Å²) < 4.78 is 5.98. The van der Waals surface area contributed by atoms with Gasteiger partial charge in [-0.1, -0.05) is 31.5 Å². The fourth-order valence-electron chi connectivity index (χ4n) is 3.73. The molecule has 0 unspecified atom stereocenters. The standard InChI is InChI=1S/C23H28N4O2/c1-3-4-8-20-22(18-7-5-6-9-19(18)29-20)23(28)25-17-10-11-21(24-16-17)27-14-12-26(2)13-15-27/h5-7,9-11,16H,3-4,8,12-15H2,1-2H3,(H,25,28). The summed E-state index contributed by atoms with van der Waals surface area (Å²) in [4.78, 5) is 22.2. The predicted octanol–water partition coefficient (Wildman–Crippen LogP) is 4.17. The SMILES string of the molecule is CCCCc1oc2ccccc2c1C(=O)Nc1ccc(N2CCN(C)CC2)nc1. The van der Waals surface area contributed by atoms with E-state index in [-0.39, 0.29) is 5.91 Å². The van der Waals surface area contributed by atoms with E-state index in [1.807, 2.05) is 36.4 Å². The van der Waals surface area contributed by atoms with Gasteiger partial charge in [-0.3, -0.25) is 4.79 Å². The third kappa shape index (κ3) is 4.27. The molecule has 0 aliphatic carbocycles. The Morgan fingerprint density at radius 1 is 1.14 bits per heavy atom. The maximum absolute atomic E-state index is 13.1. The number of anilines is 2. The van der Waals surface area contributed by atoms with E-state index in [4.69, 9.17) is 4.42 Å². The summed E-state index contributed by atoms with van der Waals surface area (Å²) >= 11 is 0. The minimum atomic E-state index is -0.143. The van der Waals surface area contributed by atoms with E-state index in [2.05, 4.69) is 34.1 Å². The van der Waals surface area contributed by atoms with E-state index in [0.717, 1.165) is 68.0 Å². The number of carbonyl (C=O) groups is 1. The number of rotatable bonds is 6. The van der Waals surface area contributed by atoms with Crippen LogP contribution >= 0.6 is 0 Å². The summed E-state index contributed by atoms with van der Waals surface area (Å²) in [6.07, 6.45) is 4.53. The van der Waals surface area contributed by atoms with Crippen LogP contribution in [0.2, 0.25) is 0 Å². The molecule has 1 saturated heterocycles.